The second-order valence-electron chi connectivity index (χ2n) is 9.20. The van der Waals surface area contributed by atoms with Crippen molar-refractivity contribution in [1.82, 2.24) is 34.8 Å². The first-order valence-electron chi connectivity index (χ1n) is 12.3. The average molecular weight is 549 g/mol. The number of fused-ring (bicyclic) bond motifs is 1. The van der Waals surface area contributed by atoms with Crippen molar-refractivity contribution >= 4 is 23.1 Å². The fourth-order valence-corrected chi connectivity index (χ4v) is 4.41. The average Bonchev–Trinajstić information content (AvgIpc) is 3.47. The van der Waals surface area contributed by atoms with Crippen molar-refractivity contribution in [1.29, 1.82) is 0 Å². The molecule has 1 aliphatic rings. The Kier molecular flexibility index (Phi) is 7.21. The van der Waals surface area contributed by atoms with E-state index in [1.807, 2.05) is 13.0 Å². The lowest BCUT2D eigenvalue weighted by Crippen LogP contribution is -2.48. The van der Waals surface area contributed by atoms with Crippen molar-refractivity contribution in [2.45, 2.75) is 32.5 Å². The standard InChI is InChI=1S/C25H25F5N8O/c1-2-15-7-16(3-4-17(15)24(39)34-10-14-8-31-9-14)35-22-23-33-11-19(38(23)6-5-32-22)18-12-37(13-20(26)27)36-21(18)25(28,29)30/h3-7,11-12,14,20,31H,2,8-10,13H2,1H3,(H,32,35)(H,34,39). The van der Waals surface area contributed by atoms with Gasteiger partial charge in [-0.3, -0.25) is 13.9 Å². The van der Waals surface area contributed by atoms with E-state index in [1.165, 1.54) is 23.0 Å². The Morgan fingerprint density at radius 3 is 2.69 bits per heavy atom. The first-order valence-corrected chi connectivity index (χ1v) is 12.3. The molecule has 9 nitrogen and oxygen atoms in total. The molecule has 1 amide bonds. The molecule has 0 bridgehead atoms. The van der Waals surface area contributed by atoms with Crippen LogP contribution < -0.4 is 16.0 Å². The molecule has 5 rings (SSSR count). The minimum atomic E-state index is -4.86. The molecule has 1 saturated heterocycles. The molecule has 1 aromatic carbocycles. The molecule has 206 valence electrons. The third-order valence-corrected chi connectivity index (χ3v) is 6.47. The Bertz CT molecular complexity index is 1490. The minimum Gasteiger partial charge on any atom is -0.352 e. The number of hydrogen-bond donors (Lipinski definition) is 3. The molecular weight excluding hydrogens is 523 g/mol. The molecule has 1 fully saturated rings. The number of carbonyl (C=O) groups excluding carboxylic acids is 1. The Labute approximate surface area is 219 Å². The summed E-state index contributed by atoms with van der Waals surface area (Å²) in [5.74, 6) is 0.530. The summed E-state index contributed by atoms with van der Waals surface area (Å²) in [5, 5.41) is 12.6. The van der Waals surface area contributed by atoms with Crippen LogP contribution in [0.4, 0.5) is 33.5 Å². The number of aromatic nitrogens is 5. The summed E-state index contributed by atoms with van der Waals surface area (Å²) in [6.45, 7) is 3.32. The van der Waals surface area contributed by atoms with Gasteiger partial charge < -0.3 is 16.0 Å². The number of nitrogens with zero attached hydrogens (tertiary/aromatic N) is 5. The van der Waals surface area contributed by atoms with Gasteiger partial charge in [0.05, 0.1) is 17.5 Å². The maximum absolute atomic E-state index is 13.7. The molecule has 14 heteroatoms. The molecule has 3 aromatic heterocycles. The summed E-state index contributed by atoms with van der Waals surface area (Å²) in [6.07, 6.45) is -2.18. The molecule has 0 saturated carbocycles. The lowest BCUT2D eigenvalue weighted by atomic mass is 10.0. The molecule has 39 heavy (non-hydrogen) atoms. The van der Waals surface area contributed by atoms with Crippen LogP contribution in [0.1, 0.15) is 28.5 Å². The monoisotopic (exact) mass is 548 g/mol. The quantitative estimate of drug-likeness (QED) is 0.272. The van der Waals surface area contributed by atoms with Gasteiger partial charge in [0.15, 0.2) is 17.2 Å². The zero-order valence-corrected chi connectivity index (χ0v) is 20.8. The van der Waals surface area contributed by atoms with E-state index in [2.05, 4.69) is 31.0 Å². The summed E-state index contributed by atoms with van der Waals surface area (Å²) in [5.41, 5.74) is 0.548. The molecule has 0 unspecified atom stereocenters. The molecular formula is C25H25F5N8O. The molecule has 3 N–H and O–H groups in total. The van der Waals surface area contributed by atoms with Crippen molar-refractivity contribution in [3.8, 4) is 11.3 Å². The summed E-state index contributed by atoms with van der Waals surface area (Å²) < 4.78 is 68.6. The van der Waals surface area contributed by atoms with E-state index in [0.29, 0.717) is 34.8 Å². The van der Waals surface area contributed by atoms with Crippen LogP contribution >= 0.6 is 0 Å². The highest BCUT2D eigenvalue weighted by Gasteiger charge is 2.38. The topological polar surface area (TPSA) is 101 Å². The lowest BCUT2D eigenvalue weighted by Gasteiger charge is -2.27. The predicted octanol–water partition coefficient (Wildman–Crippen LogP) is 4.13. The van der Waals surface area contributed by atoms with E-state index in [0.717, 1.165) is 24.8 Å². The number of benzene rings is 1. The molecule has 0 radical (unpaired) electrons. The van der Waals surface area contributed by atoms with Gasteiger partial charge in [-0.2, -0.15) is 18.3 Å². The van der Waals surface area contributed by atoms with Gasteiger partial charge in [-0.25, -0.2) is 18.7 Å². The summed E-state index contributed by atoms with van der Waals surface area (Å²) in [7, 11) is 0. The van der Waals surface area contributed by atoms with Gasteiger partial charge in [-0.15, -0.1) is 0 Å². The van der Waals surface area contributed by atoms with Crippen molar-refractivity contribution in [3.05, 3.63) is 59.8 Å². The zero-order valence-electron chi connectivity index (χ0n) is 20.8. The van der Waals surface area contributed by atoms with Crippen LogP contribution in [0.2, 0.25) is 0 Å². The van der Waals surface area contributed by atoms with Crippen LogP contribution in [0.3, 0.4) is 0 Å². The van der Waals surface area contributed by atoms with Crippen molar-refractivity contribution in [2.24, 2.45) is 5.92 Å². The van der Waals surface area contributed by atoms with E-state index in [-0.39, 0.29) is 28.6 Å². The maximum Gasteiger partial charge on any atom is 0.435 e. The molecule has 0 spiro atoms. The molecule has 0 atom stereocenters. The number of halogens is 5. The largest absolute Gasteiger partial charge is 0.435 e. The summed E-state index contributed by atoms with van der Waals surface area (Å²) in [6, 6.07) is 5.23. The van der Waals surface area contributed by atoms with E-state index in [4.69, 9.17) is 0 Å². The van der Waals surface area contributed by atoms with E-state index in [1.54, 1.807) is 12.1 Å². The summed E-state index contributed by atoms with van der Waals surface area (Å²) in [4.78, 5) is 21.2. The van der Waals surface area contributed by atoms with Crippen molar-refractivity contribution in [3.63, 3.8) is 0 Å². The number of nitrogens with one attached hydrogen (secondary N) is 3. The number of imidazole rings is 1. The van der Waals surface area contributed by atoms with Crippen LogP contribution in [0.5, 0.6) is 0 Å². The number of rotatable bonds is 9. The first-order chi connectivity index (χ1) is 18.6. The number of amides is 1. The smallest absolute Gasteiger partial charge is 0.352 e. The van der Waals surface area contributed by atoms with Gasteiger partial charge in [-0.05, 0) is 30.2 Å². The Balaban J connectivity index is 1.43. The number of aryl methyl sites for hydroxylation is 1. The SMILES string of the molecule is CCc1cc(Nc2nccn3c(-c4cn(CC(F)F)nc4C(F)(F)F)cnc23)ccc1C(=O)NCC1CNC1. The number of hydrogen-bond acceptors (Lipinski definition) is 6. The summed E-state index contributed by atoms with van der Waals surface area (Å²) >= 11 is 0. The fraction of sp³-hybridized carbons (Fsp3) is 0.360. The second-order valence-corrected chi connectivity index (χ2v) is 9.20. The predicted molar refractivity (Wildman–Crippen MR) is 133 cm³/mol. The zero-order chi connectivity index (χ0) is 27.7. The highest BCUT2D eigenvalue weighted by Crippen LogP contribution is 2.37. The van der Waals surface area contributed by atoms with Crippen molar-refractivity contribution in [2.75, 3.05) is 25.0 Å². The van der Waals surface area contributed by atoms with E-state index >= 15 is 0 Å². The van der Waals surface area contributed by atoms with Gasteiger partial charge >= 0.3 is 6.18 Å². The Morgan fingerprint density at radius 1 is 1.23 bits per heavy atom. The fourth-order valence-electron chi connectivity index (χ4n) is 4.41. The van der Waals surface area contributed by atoms with Gasteiger partial charge in [0.1, 0.15) is 6.54 Å². The van der Waals surface area contributed by atoms with Gasteiger partial charge in [0.2, 0.25) is 0 Å². The van der Waals surface area contributed by atoms with E-state index in [9.17, 15) is 26.7 Å². The number of carbonyl (C=O) groups is 1. The third kappa shape index (κ3) is 5.55. The van der Waals surface area contributed by atoms with Crippen LogP contribution in [-0.2, 0) is 19.1 Å². The molecule has 4 heterocycles. The van der Waals surface area contributed by atoms with Crippen LogP contribution in [0.15, 0.2) is 43.0 Å². The van der Waals surface area contributed by atoms with Gasteiger partial charge in [0.25, 0.3) is 12.3 Å². The van der Waals surface area contributed by atoms with Gasteiger partial charge in [-0.1, -0.05) is 6.92 Å². The molecule has 4 aromatic rings. The number of anilines is 2. The first kappa shape index (κ1) is 26.5. The number of alkyl halides is 5. The lowest BCUT2D eigenvalue weighted by molar-refractivity contribution is -0.141. The third-order valence-electron chi connectivity index (χ3n) is 6.47. The van der Waals surface area contributed by atoms with Gasteiger partial charge in [0, 0.05) is 55.4 Å². The van der Waals surface area contributed by atoms with Crippen LogP contribution in [0, 0.1) is 5.92 Å². The van der Waals surface area contributed by atoms with E-state index < -0.39 is 24.8 Å². The highest BCUT2D eigenvalue weighted by atomic mass is 19.4. The Morgan fingerprint density at radius 2 is 2.03 bits per heavy atom. The molecule has 1 aliphatic heterocycles. The van der Waals surface area contributed by atoms with Crippen LogP contribution in [-0.4, -0.2) is 56.1 Å². The maximum atomic E-state index is 13.7. The molecule has 0 aliphatic carbocycles. The highest BCUT2D eigenvalue weighted by molar-refractivity contribution is 5.96. The minimum absolute atomic E-state index is 0.0196. The van der Waals surface area contributed by atoms with Crippen LogP contribution in [0.25, 0.3) is 16.9 Å². The normalized spacial score (nSPS) is 14.1. The van der Waals surface area contributed by atoms with Crippen molar-refractivity contribution < 1.29 is 26.7 Å². The second kappa shape index (κ2) is 10.6. The Hall–Kier alpha value is -4.07.